The number of ether oxygens (including phenoxy) is 1. The van der Waals surface area contributed by atoms with Gasteiger partial charge >= 0.3 is 0 Å². The maximum atomic E-state index is 15.1. The Morgan fingerprint density at radius 1 is 1.17 bits per heavy atom. The van der Waals surface area contributed by atoms with Gasteiger partial charge in [-0.1, -0.05) is 11.6 Å². The van der Waals surface area contributed by atoms with Crippen molar-refractivity contribution in [2.24, 2.45) is 11.8 Å². The first-order valence-corrected chi connectivity index (χ1v) is 12.5. The lowest BCUT2D eigenvalue weighted by molar-refractivity contribution is 0.103. The summed E-state index contributed by atoms with van der Waals surface area (Å²) in [5.74, 6) is -2.99. The molecule has 0 bridgehead atoms. The van der Waals surface area contributed by atoms with Gasteiger partial charge in [-0.3, -0.25) is 0 Å². The fraction of sp³-hybridized carbons (Fsp3) is 0.400. The predicted molar refractivity (Wildman–Crippen MR) is 109 cm³/mol. The van der Waals surface area contributed by atoms with Crippen LogP contribution in [0.2, 0.25) is 5.02 Å². The first-order chi connectivity index (χ1) is 14.2. The predicted octanol–water partition coefficient (Wildman–Crippen LogP) is 4.32. The number of sulfone groups is 1. The Morgan fingerprint density at radius 2 is 1.83 bits per heavy atom. The molecule has 10 heteroatoms. The maximum absolute atomic E-state index is 15.1. The van der Waals surface area contributed by atoms with Crippen molar-refractivity contribution in [2.75, 3.05) is 12.4 Å². The van der Waals surface area contributed by atoms with Crippen LogP contribution in [-0.2, 0) is 25.7 Å². The number of fused-ring (bicyclic) bond motifs is 3. The topological polar surface area (TPSA) is 80.7 Å². The summed E-state index contributed by atoms with van der Waals surface area (Å²) in [4.78, 5) is -0.0439. The highest BCUT2D eigenvalue weighted by molar-refractivity contribution is 7.92. The quantitative estimate of drug-likeness (QED) is 0.665. The lowest BCUT2D eigenvalue weighted by atomic mass is 9.69. The average molecular weight is 477 g/mol. The number of halogens is 3. The van der Waals surface area contributed by atoms with Crippen LogP contribution in [0.1, 0.15) is 24.8 Å². The van der Waals surface area contributed by atoms with Gasteiger partial charge in [0.1, 0.15) is 10.6 Å². The largest absolute Gasteiger partial charge is 0.490 e. The lowest BCUT2D eigenvalue weighted by Gasteiger charge is -2.49. The third-order valence-corrected chi connectivity index (χ3v) is 9.70. The molecule has 1 fully saturated rings. The number of rotatable bonds is 4. The molecule has 1 unspecified atom stereocenters. The Balaban J connectivity index is 1.93. The van der Waals surface area contributed by atoms with Gasteiger partial charge in [-0.2, -0.15) is 0 Å². The highest BCUT2D eigenvalue weighted by Gasteiger charge is 2.59. The van der Waals surface area contributed by atoms with Crippen molar-refractivity contribution in [3.63, 3.8) is 0 Å². The van der Waals surface area contributed by atoms with E-state index in [2.05, 4.69) is 0 Å². The SMILES string of the molecule is O=S(O)C[C@@H]1CC[C@@]2(S(=O)(=O)c3ccc(Cl)cc3)c3c(F)ccc(F)c3OC[C@H]2C1. The Labute approximate surface area is 180 Å². The molecule has 1 aliphatic heterocycles. The van der Waals surface area contributed by atoms with E-state index in [1.165, 1.54) is 24.3 Å². The molecule has 1 heterocycles. The van der Waals surface area contributed by atoms with Crippen molar-refractivity contribution in [3.05, 3.63) is 58.6 Å². The molecule has 2 aliphatic rings. The second kappa shape index (κ2) is 7.85. The molecule has 5 nitrogen and oxygen atoms in total. The zero-order valence-electron chi connectivity index (χ0n) is 15.7. The Bertz CT molecular complexity index is 1110. The first-order valence-electron chi connectivity index (χ1n) is 9.35. The van der Waals surface area contributed by atoms with Crippen LogP contribution in [0.3, 0.4) is 0 Å². The minimum atomic E-state index is -4.19. The summed E-state index contributed by atoms with van der Waals surface area (Å²) in [6.45, 7) is -0.130. The molecule has 2 aromatic rings. The Morgan fingerprint density at radius 3 is 2.50 bits per heavy atom. The summed E-state index contributed by atoms with van der Waals surface area (Å²) in [6.07, 6.45) is 0.515. The zero-order chi connectivity index (χ0) is 21.7. The van der Waals surface area contributed by atoms with E-state index in [9.17, 15) is 21.6 Å². The second-order valence-corrected chi connectivity index (χ2v) is 11.3. The molecule has 0 radical (unpaired) electrons. The van der Waals surface area contributed by atoms with Gasteiger partial charge in [0.25, 0.3) is 0 Å². The van der Waals surface area contributed by atoms with E-state index in [0.717, 1.165) is 12.1 Å². The van der Waals surface area contributed by atoms with E-state index in [1.807, 2.05) is 0 Å². The molecular formula is C20H19ClF2O5S2. The smallest absolute Gasteiger partial charge is 0.188 e. The van der Waals surface area contributed by atoms with Gasteiger partial charge in [0.15, 0.2) is 32.5 Å². The fourth-order valence-corrected chi connectivity index (χ4v) is 7.98. The van der Waals surface area contributed by atoms with Crippen molar-refractivity contribution in [3.8, 4) is 5.75 Å². The molecule has 0 spiro atoms. The van der Waals surface area contributed by atoms with Crippen LogP contribution >= 0.6 is 11.6 Å². The normalized spacial score (nSPS) is 26.9. The van der Waals surface area contributed by atoms with Gasteiger partial charge in [0, 0.05) is 10.9 Å². The van der Waals surface area contributed by atoms with E-state index in [0.29, 0.717) is 5.02 Å². The van der Waals surface area contributed by atoms with Crippen molar-refractivity contribution >= 4 is 32.5 Å². The fourth-order valence-electron chi connectivity index (χ4n) is 4.78. The maximum Gasteiger partial charge on any atom is 0.188 e. The summed E-state index contributed by atoms with van der Waals surface area (Å²) in [5, 5.41) is 0.349. The summed E-state index contributed by atoms with van der Waals surface area (Å²) < 4.78 is 81.7. The zero-order valence-corrected chi connectivity index (χ0v) is 18.1. The van der Waals surface area contributed by atoms with Crippen molar-refractivity contribution in [2.45, 2.75) is 28.9 Å². The number of benzene rings is 2. The molecule has 162 valence electrons. The van der Waals surface area contributed by atoms with Gasteiger partial charge in [-0.25, -0.2) is 21.4 Å². The molecule has 30 heavy (non-hydrogen) atoms. The average Bonchev–Trinajstić information content (AvgIpc) is 2.70. The van der Waals surface area contributed by atoms with E-state index in [1.54, 1.807) is 0 Å². The molecule has 4 rings (SSSR count). The minimum Gasteiger partial charge on any atom is -0.490 e. The van der Waals surface area contributed by atoms with Gasteiger partial charge < -0.3 is 9.29 Å². The van der Waals surface area contributed by atoms with Crippen LogP contribution in [0.5, 0.6) is 5.75 Å². The summed E-state index contributed by atoms with van der Waals surface area (Å²) in [5.41, 5.74) is -0.294. The van der Waals surface area contributed by atoms with Gasteiger partial charge in [0.2, 0.25) is 0 Å². The molecule has 1 N–H and O–H groups in total. The Hall–Kier alpha value is -1.55. The van der Waals surface area contributed by atoms with E-state index < -0.39 is 43.2 Å². The van der Waals surface area contributed by atoms with Crippen LogP contribution in [0.15, 0.2) is 41.3 Å². The second-order valence-electron chi connectivity index (χ2n) is 7.72. The van der Waals surface area contributed by atoms with Crippen LogP contribution < -0.4 is 4.74 Å². The van der Waals surface area contributed by atoms with Gasteiger partial charge in [-0.15, -0.1) is 0 Å². The monoisotopic (exact) mass is 476 g/mol. The van der Waals surface area contributed by atoms with Crippen molar-refractivity contribution in [1.82, 2.24) is 0 Å². The van der Waals surface area contributed by atoms with Crippen molar-refractivity contribution in [1.29, 1.82) is 0 Å². The van der Waals surface area contributed by atoms with Crippen LogP contribution in [0.25, 0.3) is 0 Å². The minimum absolute atomic E-state index is 0.00787. The summed E-state index contributed by atoms with van der Waals surface area (Å²) in [6, 6.07) is 7.40. The van der Waals surface area contributed by atoms with Crippen LogP contribution in [-0.4, -0.2) is 29.5 Å². The lowest BCUT2D eigenvalue weighted by Crippen LogP contribution is -2.52. The Kier molecular flexibility index (Phi) is 5.67. The molecule has 0 amide bonds. The molecule has 2 aromatic carbocycles. The highest BCUT2D eigenvalue weighted by atomic mass is 35.5. The van der Waals surface area contributed by atoms with Gasteiger partial charge in [0.05, 0.1) is 22.8 Å². The first kappa shape index (κ1) is 21.7. The molecular weight excluding hydrogens is 458 g/mol. The number of hydrogen-bond donors (Lipinski definition) is 1. The van der Waals surface area contributed by atoms with E-state index in [4.69, 9.17) is 16.3 Å². The standard InChI is InChI=1S/C20H19ClF2O5S2/c21-14-1-3-15(4-2-14)30(26,27)20-8-7-12(11-29(24)25)9-13(20)10-28-19-17(23)6-5-16(22)18(19)20/h1-6,12-13H,7-11H2,(H,24,25)/t12-,13-,20+/m1/s1. The van der Waals surface area contributed by atoms with E-state index in [-0.39, 0.29) is 53.7 Å². The molecule has 1 saturated carbocycles. The number of hydrogen-bond acceptors (Lipinski definition) is 4. The summed E-state index contributed by atoms with van der Waals surface area (Å²) in [7, 11) is -4.19. The molecule has 1 aliphatic carbocycles. The van der Waals surface area contributed by atoms with Crippen LogP contribution in [0.4, 0.5) is 8.78 Å². The molecule has 0 aromatic heterocycles. The third kappa shape index (κ3) is 3.36. The third-order valence-electron chi connectivity index (χ3n) is 6.09. The van der Waals surface area contributed by atoms with Crippen molar-refractivity contribution < 1.29 is 30.7 Å². The van der Waals surface area contributed by atoms with Crippen LogP contribution in [0, 0.1) is 23.5 Å². The highest BCUT2D eigenvalue weighted by Crippen LogP contribution is 2.57. The van der Waals surface area contributed by atoms with E-state index >= 15 is 4.39 Å². The van der Waals surface area contributed by atoms with Gasteiger partial charge in [-0.05, 0) is 61.6 Å². The molecule has 0 saturated heterocycles. The summed E-state index contributed by atoms with van der Waals surface area (Å²) >= 11 is 3.86. The molecule has 4 atom stereocenters.